The molecule has 0 amide bonds. The van der Waals surface area contributed by atoms with Gasteiger partial charge in [-0.2, -0.15) is 0 Å². The van der Waals surface area contributed by atoms with Gasteiger partial charge in [-0.15, -0.1) is 0 Å². The third-order valence-electron chi connectivity index (χ3n) is 3.04. The minimum Gasteiger partial charge on any atom is -0.495 e. The standard InChI is InChI=1S/C14H14ClNO5/c1-4-7-5-8(10-6-9(14(17)18)16-21-10)13(20-3)11(15)12(7)19-2/h5-6H,4H2,1-3H3,(H,17,18). The van der Waals surface area contributed by atoms with Gasteiger partial charge in [0.15, 0.2) is 17.2 Å². The number of carboxylic acid groups (broad SMARTS) is 1. The largest absolute Gasteiger partial charge is 0.495 e. The van der Waals surface area contributed by atoms with Crippen LogP contribution >= 0.6 is 11.6 Å². The van der Waals surface area contributed by atoms with E-state index in [1.165, 1.54) is 20.3 Å². The van der Waals surface area contributed by atoms with Gasteiger partial charge in [0.2, 0.25) is 0 Å². The first-order valence-electron chi connectivity index (χ1n) is 6.17. The van der Waals surface area contributed by atoms with E-state index < -0.39 is 5.97 Å². The summed E-state index contributed by atoms with van der Waals surface area (Å²) in [6, 6.07) is 3.11. The number of aromatic nitrogens is 1. The molecule has 1 N–H and O–H groups in total. The summed E-state index contributed by atoms with van der Waals surface area (Å²) in [7, 11) is 2.99. The minimum absolute atomic E-state index is 0.183. The molecule has 0 radical (unpaired) electrons. The van der Waals surface area contributed by atoms with Gasteiger partial charge >= 0.3 is 5.97 Å². The number of hydrogen-bond donors (Lipinski definition) is 1. The van der Waals surface area contributed by atoms with Gasteiger partial charge in [-0.25, -0.2) is 4.79 Å². The van der Waals surface area contributed by atoms with Crippen molar-refractivity contribution in [1.29, 1.82) is 0 Å². The summed E-state index contributed by atoms with van der Waals surface area (Å²) in [6.45, 7) is 1.95. The van der Waals surface area contributed by atoms with E-state index in [1.54, 1.807) is 6.07 Å². The van der Waals surface area contributed by atoms with Gasteiger partial charge in [0.25, 0.3) is 0 Å². The number of benzene rings is 1. The Labute approximate surface area is 126 Å². The fraction of sp³-hybridized carbons (Fsp3) is 0.286. The van der Waals surface area contributed by atoms with Crippen LogP contribution in [0.3, 0.4) is 0 Å². The molecule has 1 heterocycles. The van der Waals surface area contributed by atoms with Crippen molar-refractivity contribution in [3.8, 4) is 22.8 Å². The van der Waals surface area contributed by atoms with Gasteiger partial charge in [-0.1, -0.05) is 23.7 Å². The maximum Gasteiger partial charge on any atom is 0.358 e. The highest BCUT2D eigenvalue weighted by atomic mass is 35.5. The molecule has 21 heavy (non-hydrogen) atoms. The Balaban J connectivity index is 2.66. The Morgan fingerprint density at radius 3 is 2.48 bits per heavy atom. The second-order valence-corrected chi connectivity index (χ2v) is 4.58. The van der Waals surface area contributed by atoms with E-state index >= 15 is 0 Å². The topological polar surface area (TPSA) is 81.8 Å². The molecular weight excluding hydrogens is 298 g/mol. The van der Waals surface area contributed by atoms with E-state index in [4.69, 9.17) is 30.7 Å². The molecule has 0 aliphatic rings. The lowest BCUT2D eigenvalue weighted by molar-refractivity contribution is 0.0686. The molecule has 1 aromatic heterocycles. The summed E-state index contributed by atoms with van der Waals surface area (Å²) in [5, 5.41) is 12.7. The zero-order chi connectivity index (χ0) is 15.6. The SMILES string of the molecule is CCc1cc(-c2cc(C(=O)O)no2)c(OC)c(Cl)c1OC. The molecule has 0 fully saturated rings. The van der Waals surface area contributed by atoms with Crippen molar-refractivity contribution >= 4 is 17.6 Å². The molecule has 112 valence electrons. The number of nitrogens with zero attached hydrogens (tertiary/aromatic N) is 1. The quantitative estimate of drug-likeness (QED) is 0.912. The Bertz CT molecular complexity index is 680. The first-order chi connectivity index (χ1) is 10.0. The fourth-order valence-corrected chi connectivity index (χ4v) is 2.41. The molecule has 0 spiro atoms. The van der Waals surface area contributed by atoms with Crippen molar-refractivity contribution in [1.82, 2.24) is 5.16 Å². The highest BCUT2D eigenvalue weighted by Gasteiger charge is 2.22. The van der Waals surface area contributed by atoms with Crippen LogP contribution in [0.25, 0.3) is 11.3 Å². The van der Waals surface area contributed by atoms with Crippen LogP contribution in [-0.4, -0.2) is 30.5 Å². The number of methoxy groups -OCH3 is 2. The summed E-state index contributed by atoms with van der Waals surface area (Å²) in [4.78, 5) is 10.9. The van der Waals surface area contributed by atoms with Crippen molar-refractivity contribution in [2.24, 2.45) is 0 Å². The Hall–Kier alpha value is -2.21. The van der Waals surface area contributed by atoms with Crippen LogP contribution in [0.15, 0.2) is 16.7 Å². The number of aromatic carboxylic acids is 1. The summed E-state index contributed by atoms with van der Waals surface area (Å²) < 4.78 is 15.7. The number of rotatable bonds is 5. The number of carbonyl (C=O) groups is 1. The third-order valence-corrected chi connectivity index (χ3v) is 3.38. The predicted octanol–water partition coefficient (Wildman–Crippen LogP) is 3.27. The maximum absolute atomic E-state index is 10.9. The fourth-order valence-electron chi connectivity index (χ4n) is 2.04. The maximum atomic E-state index is 10.9. The molecule has 1 aromatic carbocycles. The highest BCUT2D eigenvalue weighted by Crippen LogP contribution is 2.44. The summed E-state index contributed by atoms with van der Waals surface area (Å²) in [6.07, 6.45) is 0.680. The average Bonchev–Trinajstić information content (AvgIpc) is 2.96. The molecule has 2 rings (SSSR count). The number of halogens is 1. The van der Waals surface area contributed by atoms with Crippen LogP contribution in [-0.2, 0) is 6.42 Å². The van der Waals surface area contributed by atoms with E-state index in [0.717, 1.165) is 5.56 Å². The molecule has 0 aliphatic carbocycles. The number of carboxylic acids is 1. The number of aryl methyl sites for hydroxylation is 1. The third kappa shape index (κ3) is 2.67. The molecule has 0 aliphatic heterocycles. The van der Waals surface area contributed by atoms with Crippen molar-refractivity contribution < 1.29 is 23.9 Å². The van der Waals surface area contributed by atoms with Crippen LogP contribution in [0.5, 0.6) is 11.5 Å². The van der Waals surface area contributed by atoms with Crippen LogP contribution in [0, 0.1) is 0 Å². The Morgan fingerprint density at radius 2 is 2.00 bits per heavy atom. The van der Waals surface area contributed by atoms with Gasteiger partial charge in [-0.05, 0) is 18.1 Å². The lowest BCUT2D eigenvalue weighted by atomic mass is 10.0. The summed E-state index contributed by atoms with van der Waals surface area (Å²) in [5.41, 5.74) is 1.20. The minimum atomic E-state index is -1.17. The molecule has 0 unspecified atom stereocenters. The van der Waals surface area contributed by atoms with Crippen LogP contribution in [0.2, 0.25) is 5.02 Å². The van der Waals surface area contributed by atoms with Crippen molar-refractivity contribution in [3.63, 3.8) is 0 Å². The van der Waals surface area contributed by atoms with Gasteiger partial charge in [-0.3, -0.25) is 0 Å². The molecule has 2 aromatic rings. The molecule has 0 bridgehead atoms. The summed E-state index contributed by atoms with van der Waals surface area (Å²) in [5.74, 6) is -0.0284. The summed E-state index contributed by atoms with van der Waals surface area (Å²) >= 11 is 6.29. The molecule has 0 atom stereocenters. The molecular formula is C14H14ClNO5. The van der Waals surface area contributed by atoms with E-state index in [9.17, 15) is 4.79 Å². The van der Waals surface area contributed by atoms with Crippen molar-refractivity contribution in [2.45, 2.75) is 13.3 Å². The van der Waals surface area contributed by atoms with Crippen LogP contribution < -0.4 is 9.47 Å². The lowest BCUT2D eigenvalue weighted by Gasteiger charge is -2.15. The van der Waals surface area contributed by atoms with Gasteiger partial charge < -0.3 is 19.1 Å². The lowest BCUT2D eigenvalue weighted by Crippen LogP contribution is -1.97. The first kappa shape index (κ1) is 15.2. The second-order valence-electron chi connectivity index (χ2n) is 4.20. The van der Waals surface area contributed by atoms with E-state index in [0.29, 0.717) is 28.5 Å². The van der Waals surface area contributed by atoms with Crippen LogP contribution in [0.4, 0.5) is 0 Å². The van der Waals surface area contributed by atoms with E-state index in [2.05, 4.69) is 5.16 Å². The first-order valence-corrected chi connectivity index (χ1v) is 6.55. The zero-order valence-corrected chi connectivity index (χ0v) is 12.5. The number of hydrogen-bond acceptors (Lipinski definition) is 5. The smallest absolute Gasteiger partial charge is 0.358 e. The normalized spacial score (nSPS) is 10.5. The monoisotopic (exact) mass is 311 g/mol. The Morgan fingerprint density at radius 1 is 1.33 bits per heavy atom. The average molecular weight is 312 g/mol. The predicted molar refractivity (Wildman–Crippen MR) is 76.4 cm³/mol. The highest BCUT2D eigenvalue weighted by molar-refractivity contribution is 6.34. The molecule has 0 saturated carbocycles. The van der Waals surface area contributed by atoms with Gasteiger partial charge in [0, 0.05) is 6.07 Å². The second kappa shape index (κ2) is 6.05. The van der Waals surface area contributed by atoms with E-state index in [1.807, 2.05) is 6.92 Å². The number of ether oxygens (including phenoxy) is 2. The molecule has 0 saturated heterocycles. The van der Waals surface area contributed by atoms with Gasteiger partial charge in [0.05, 0.1) is 19.8 Å². The van der Waals surface area contributed by atoms with Crippen LogP contribution in [0.1, 0.15) is 23.0 Å². The van der Waals surface area contributed by atoms with Crippen molar-refractivity contribution in [3.05, 3.63) is 28.4 Å². The molecule has 7 heteroatoms. The molecule has 6 nitrogen and oxygen atoms in total. The van der Waals surface area contributed by atoms with Gasteiger partial charge in [0.1, 0.15) is 10.8 Å². The Kier molecular flexibility index (Phi) is 4.37. The van der Waals surface area contributed by atoms with Crippen molar-refractivity contribution in [2.75, 3.05) is 14.2 Å². The van der Waals surface area contributed by atoms with E-state index in [-0.39, 0.29) is 11.5 Å². The zero-order valence-electron chi connectivity index (χ0n) is 11.8.